The van der Waals surface area contributed by atoms with Crippen molar-refractivity contribution in [2.75, 3.05) is 0 Å². The third kappa shape index (κ3) is 6.32. The van der Waals surface area contributed by atoms with Crippen LogP contribution in [0.5, 0.6) is 0 Å². The van der Waals surface area contributed by atoms with Crippen LogP contribution in [0.15, 0.2) is 12.2 Å². The molecule has 0 aromatic rings. The van der Waals surface area contributed by atoms with Crippen LogP contribution in [0.4, 0.5) is 4.79 Å². The average Bonchev–Trinajstić information content (AvgIpc) is 2.30. The van der Waals surface area contributed by atoms with Crippen LogP contribution in [-0.2, 0) is 9.53 Å². The second kappa shape index (κ2) is 7.62. The van der Waals surface area contributed by atoms with Crippen LogP contribution in [0.2, 0.25) is 0 Å². The predicted molar refractivity (Wildman–Crippen MR) is 84.1 cm³/mol. The molecule has 0 bridgehead atoms. The van der Waals surface area contributed by atoms with Gasteiger partial charge in [0.2, 0.25) is 0 Å². The van der Waals surface area contributed by atoms with E-state index in [1.165, 1.54) is 0 Å². The van der Waals surface area contributed by atoms with Crippen molar-refractivity contribution in [1.29, 1.82) is 0 Å². The van der Waals surface area contributed by atoms with E-state index in [1.54, 1.807) is 0 Å². The molecule has 1 N–H and O–H groups in total. The molecule has 0 aromatic carbocycles. The van der Waals surface area contributed by atoms with Gasteiger partial charge in [-0.05, 0) is 45.6 Å². The van der Waals surface area contributed by atoms with Crippen molar-refractivity contribution in [2.45, 2.75) is 72.4 Å². The second-order valence-corrected chi connectivity index (χ2v) is 7.14. The molecule has 0 saturated carbocycles. The predicted octanol–water partition coefficient (Wildman–Crippen LogP) is 3.85. The normalized spacial score (nSPS) is 24.9. The van der Waals surface area contributed by atoms with Gasteiger partial charge in [-0.2, -0.15) is 0 Å². The number of ether oxygens (including phenoxy) is 1. The highest BCUT2D eigenvalue weighted by molar-refractivity contribution is 5.85. The Hall–Kier alpha value is -1.32. The molecule has 0 fully saturated rings. The summed E-state index contributed by atoms with van der Waals surface area (Å²) in [5.41, 5.74) is -0.307. The summed E-state index contributed by atoms with van der Waals surface area (Å²) in [7, 11) is 0. The summed E-state index contributed by atoms with van der Waals surface area (Å²) in [5, 5.41) is 2.72. The molecule has 0 heterocycles. The molecular formula is C17H29NO3. The van der Waals surface area contributed by atoms with Gasteiger partial charge in [-0.25, -0.2) is 4.79 Å². The third-order valence-corrected chi connectivity index (χ3v) is 3.61. The Kier molecular flexibility index (Phi) is 6.43. The van der Waals surface area contributed by atoms with Crippen molar-refractivity contribution in [1.82, 2.24) is 5.32 Å². The van der Waals surface area contributed by atoms with Gasteiger partial charge in [0, 0.05) is 17.4 Å². The largest absolute Gasteiger partial charge is 0.442 e. The zero-order chi connectivity index (χ0) is 16.0. The quantitative estimate of drug-likeness (QED) is 0.805. The summed E-state index contributed by atoms with van der Waals surface area (Å²) >= 11 is 0. The van der Waals surface area contributed by atoms with Gasteiger partial charge in [-0.1, -0.05) is 26.8 Å². The van der Waals surface area contributed by atoms with Crippen molar-refractivity contribution in [2.24, 2.45) is 11.3 Å². The van der Waals surface area contributed by atoms with Crippen molar-refractivity contribution in [3.63, 3.8) is 0 Å². The van der Waals surface area contributed by atoms with E-state index in [-0.39, 0.29) is 29.6 Å². The van der Waals surface area contributed by atoms with Gasteiger partial charge in [-0.15, -0.1) is 0 Å². The third-order valence-electron chi connectivity index (χ3n) is 3.61. The van der Waals surface area contributed by atoms with Crippen LogP contribution in [0, 0.1) is 11.3 Å². The highest BCUT2D eigenvalue weighted by Gasteiger charge is 2.30. The summed E-state index contributed by atoms with van der Waals surface area (Å²) in [6, 6.07) is 0.0604. The first-order chi connectivity index (χ1) is 9.70. The molecule has 0 saturated heterocycles. The van der Waals surface area contributed by atoms with E-state index in [0.29, 0.717) is 12.2 Å². The van der Waals surface area contributed by atoms with Crippen LogP contribution >= 0.6 is 0 Å². The fourth-order valence-electron chi connectivity index (χ4n) is 2.53. The van der Waals surface area contributed by atoms with Crippen LogP contribution in [0.25, 0.3) is 0 Å². The Morgan fingerprint density at radius 2 is 1.86 bits per heavy atom. The molecule has 2 unspecified atom stereocenters. The summed E-state index contributed by atoms with van der Waals surface area (Å²) in [4.78, 5) is 24.1. The van der Waals surface area contributed by atoms with E-state index in [2.05, 4.69) is 5.32 Å². The molecule has 1 amide bonds. The Morgan fingerprint density at radius 1 is 1.19 bits per heavy atom. The SMILES string of the molecule is CC(C)NC(=O)OC1/C=C/CCC(C(=O)C(C)(C)C)CC1. The fourth-order valence-corrected chi connectivity index (χ4v) is 2.53. The molecule has 2 atom stereocenters. The zero-order valence-corrected chi connectivity index (χ0v) is 13.9. The average molecular weight is 295 g/mol. The highest BCUT2D eigenvalue weighted by Crippen LogP contribution is 2.28. The minimum absolute atomic E-state index is 0.0604. The minimum atomic E-state index is -0.390. The van der Waals surface area contributed by atoms with Crippen LogP contribution in [0.1, 0.15) is 60.3 Å². The van der Waals surface area contributed by atoms with Crippen molar-refractivity contribution in [3.05, 3.63) is 12.2 Å². The standard InChI is InChI=1S/C17H29NO3/c1-12(2)18-16(20)21-14-9-7-6-8-13(10-11-14)15(19)17(3,4)5/h7,9,12-14H,6,8,10-11H2,1-5H3,(H,18,20)/b9-7+. The molecule has 0 radical (unpaired) electrons. The molecule has 21 heavy (non-hydrogen) atoms. The molecule has 1 aliphatic rings. The monoisotopic (exact) mass is 295 g/mol. The van der Waals surface area contributed by atoms with Crippen molar-refractivity contribution in [3.8, 4) is 0 Å². The summed E-state index contributed by atoms with van der Waals surface area (Å²) in [6.07, 6.45) is 6.57. The maximum atomic E-state index is 12.4. The lowest BCUT2D eigenvalue weighted by Crippen LogP contribution is -2.34. The first-order valence-corrected chi connectivity index (χ1v) is 7.88. The zero-order valence-electron chi connectivity index (χ0n) is 13.9. The van der Waals surface area contributed by atoms with Crippen molar-refractivity contribution >= 4 is 11.9 Å². The van der Waals surface area contributed by atoms with Crippen LogP contribution < -0.4 is 5.32 Å². The van der Waals surface area contributed by atoms with Gasteiger partial charge in [0.15, 0.2) is 0 Å². The number of alkyl carbamates (subject to hydrolysis) is 1. The first-order valence-electron chi connectivity index (χ1n) is 7.88. The van der Waals surface area contributed by atoms with E-state index >= 15 is 0 Å². The van der Waals surface area contributed by atoms with Gasteiger partial charge in [-0.3, -0.25) is 4.79 Å². The molecule has 0 aliphatic heterocycles. The molecule has 1 aliphatic carbocycles. The maximum absolute atomic E-state index is 12.4. The number of allylic oxidation sites excluding steroid dienone is 1. The molecule has 4 heteroatoms. The molecule has 0 spiro atoms. The maximum Gasteiger partial charge on any atom is 0.407 e. The summed E-state index contributed by atoms with van der Waals surface area (Å²) in [5.74, 6) is 0.373. The highest BCUT2D eigenvalue weighted by atomic mass is 16.6. The van der Waals surface area contributed by atoms with E-state index in [4.69, 9.17) is 4.74 Å². The number of rotatable bonds is 3. The number of carbonyl (C=O) groups excluding carboxylic acids is 2. The Labute approximate surface area is 128 Å². The lowest BCUT2D eigenvalue weighted by atomic mass is 9.78. The van der Waals surface area contributed by atoms with Gasteiger partial charge >= 0.3 is 6.09 Å². The lowest BCUT2D eigenvalue weighted by molar-refractivity contribution is -0.131. The van der Waals surface area contributed by atoms with Gasteiger partial charge in [0.1, 0.15) is 11.9 Å². The van der Waals surface area contributed by atoms with E-state index in [1.807, 2.05) is 46.8 Å². The number of carbonyl (C=O) groups is 2. The van der Waals surface area contributed by atoms with Gasteiger partial charge in [0.05, 0.1) is 0 Å². The Bertz CT molecular complexity index is 393. The topological polar surface area (TPSA) is 55.4 Å². The number of amides is 1. The van der Waals surface area contributed by atoms with E-state index in [0.717, 1.165) is 19.3 Å². The van der Waals surface area contributed by atoms with Gasteiger partial charge in [0.25, 0.3) is 0 Å². The summed E-state index contributed by atoms with van der Waals surface area (Å²) in [6.45, 7) is 9.69. The summed E-state index contributed by atoms with van der Waals surface area (Å²) < 4.78 is 5.40. The van der Waals surface area contributed by atoms with Gasteiger partial charge < -0.3 is 10.1 Å². The molecule has 4 nitrogen and oxygen atoms in total. The minimum Gasteiger partial charge on any atom is -0.442 e. The number of hydrogen-bond donors (Lipinski definition) is 1. The smallest absolute Gasteiger partial charge is 0.407 e. The molecular weight excluding hydrogens is 266 g/mol. The lowest BCUT2D eigenvalue weighted by Gasteiger charge is -2.27. The molecule has 0 aromatic heterocycles. The molecule has 120 valence electrons. The number of hydrogen-bond acceptors (Lipinski definition) is 3. The Morgan fingerprint density at radius 3 is 2.43 bits per heavy atom. The number of ketones is 1. The number of nitrogens with one attached hydrogen (secondary N) is 1. The van der Waals surface area contributed by atoms with Crippen molar-refractivity contribution < 1.29 is 14.3 Å². The Balaban J connectivity index is 2.59. The second-order valence-electron chi connectivity index (χ2n) is 7.14. The fraction of sp³-hybridized carbons (Fsp3) is 0.765. The molecule has 1 rings (SSSR count). The first kappa shape index (κ1) is 17.7. The van der Waals surface area contributed by atoms with E-state index < -0.39 is 0 Å². The van der Waals surface area contributed by atoms with Crippen LogP contribution in [-0.4, -0.2) is 24.0 Å². The van der Waals surface area contributed by atoms with Crippen LogP contribution in [0.3, 0.4) is 0 Å². The number of Topliss-reactive ketones (excluding diaryl/α,β-unsaturated/α-hetero) is 1. The van der Waals surface area contributed by atoms with E-state index in [9.17, 15) is 9.59 Å².